The highest BCUT2D eigenvalue weighted by Gasteiger charge is 2.27. The molecule has 0 aromatic heterocycles. The molecule has 2 atom stereocenters. The van der Waals surface area contributed by atoms with E-state index in [1.54, 1.807) is 12.1 Å². The van der Waals surface area contributed by atoms with E-state index in [1.807, 2.05) is 10.4 Å². The van der Waals surface area contributed by atoms with Crippen LogP contribution in [0.4, 0.5) is 0 Å². The standard InChI is InChI=1S/C14H17NO4S/c16-14(17)13-5-3-10-9-11(4-6-12(10)19-13)20(18)15-7-1-2-8-15/h4,6,9,13H,1-3,5,7-8H2,(H,16,17)/t13-,20?/m0/s1. The Bertz CT molecular complexity index is 554. The van der Waals surface area contributed by atoms with Crippen LogP contribution in [0.15, 0.2) is 23.1 Å². The number of carbonyl (C=O) groups is 1. The lowest BCUT2D eigenvalue weighted by Gasteiger charge is -2.24. The monoisotopic (exact) mass is 295 g/mol. The molecule has 5 nitrogen and oxygen atoms in total. The fourth-order valence-corrected chi connectivity index (χ4v) is 3.97. The van der Waals surface area contributed by atoms with Crippen LogP contribution in [-0.4, -0.2) is 38.8 Å². The van der Waals surface area contributed by atoms with Gasteiger partial charge in [0.1, 0.15) is 16.7 Å². The zero-order valence-electron chi connectivity index (χ0n) is 11.1. The average Bonchev–Trinajstić information content (AvgIpc) is 2.99. The van der Waals surface area contributed by atoms with Crippen molar-refractivity contribution in [3.05, 3.63) is 23.8 Å². The molecule has 6 heteroatoms. The number of carboxylic acid groups (broad SMARTS) is 1. The van der Waals surface area contributed by atoms with Crippen LogP contribution in [0.25, 0.3) is 0 Å². The second-order valence-corrected chi connectivity index (χ2v) is 6.62. The van der Waals surface area contributed by atoms with Crippen molar-refractivity contribution in [3.8, 4) is 5.75 Å². The SMILES string of the molecule is O=C(O)[C@@H]1CCc2cc(S(=O)N3CCCC3)ccc2O1. The maximum Gasteiger partial charge on any atom is 0.344 e. The zero-order chi connectivity index (χ0) is 14.1. The van der Waals surface area contributed by atoms with Crippen molar-refractivity contribution in [1.29, 1.82) is 0 Å². The summed E-state index contributed by atoms with van der Waals surface area (Å²) in [4.78, 5) is 11.7. The molecule has 0 bridgehead atoms. The summed E-state index contributed by atoms with van der Waals surface area (Å²) >= 11 is 0. The molecule has 2 aliphatic rings. The minimum Gasteiger partial charge on any atom is -0.479 e. The molecule has 3 rings (SSSR count). The molecule has 1 fully saturated rings. The number of aryl methyl sites for hydroxylation is 1. The molecule has 0 aliphatic carbocycles. The van der Waals surface area contributed by atoms with Crippen LogP contribution < -0.4 is 4.74 Å². The summed E-state index contributed by atoms with van der Waals surface area (Å²) in [6.45, 7) is 1.75. The van der Waals surface area contributed by atoms with Crippen LogP contribution in [0.3, 0.4) is 0 Å². The fraction of sp³-hybridized carbons (Fsp3) is 0.500. The van der Waals surface area contributed by atoms with E-state index in [9.17, 15) is 9.00 Å². The van der Waals surface area contributed by atoms with Crippen molar-refractivity contribution in [2.24, 2.45) is 0 Å². The molecule has 0 radical (unpaired) electrons. The first-order chi connectivity index (χ1) is 9.65. The Hall–Kier alpha value is -1.40. The number of hydrogen-bond donors (Lipinski definition) is 1. The van der Waals surface area contributed by atoms with Crippen molar-refractivity contribution in [2.75, 3.05) is 13.1 Å². The Morgan fingerprint density at radius 2 is 2.10 bits per heavy atom. The van der Waals surface area contributed by atoms with E-state index in [2.05, 4.69) is 0 Å². The first-order valence-corrected chi connectivity index (χ1v) is 7.95. The van der Waals surface area contributed by atoms with Gasteiger partial charge in [0.2, 0.25) is 0 Å². The number of benzene rings is 1. The third kappa shape index (κ3) is 2.58. The second-order valence-electron chi connectivity index (χ2n) is 5.14. The number of aliphatic carboxylic acids is 1. The highest BCUT2D eigenvalue weighted by Crippen LogP contribution is 2.30. The van der Waals surface area contributed by atoms with E-state index >= 15 is 0 Å². The molecule has 0 spiro atoms. The Morgan fingerprint density at radius 1 is 1.35 bits per heavy atom. The van der Waals surface area contributed by atoms with Crippen molar-refractivity contribution < 1.29 is 18.8 Å². The number of nitrogens with zero attached hydrogens (tertiary/aromatic N) is 1. The van der Waals surface area contributed by atoms with Crippen LogP contribution in [0.1, 0.15) is 24.8 Å². The molecule has 1 N–H and O–H groups in total. The third-order valence-corrected chi connectivity index (χ3v) is 5.25. The highest BCUT2D eigenvalue weighted by molar-refractivity contribution is 7.82. The van der Waals surface area contributed by atoms with E-state index in [0.717, 1.165) is 36.4 Å². The maximum absolute atomic E-state index is 12.4. The molecule has 0 amide bonds. The topological polar surface area (TPSA) is 66.8 Å². The van der Waals surface area contributed by atoms with Crippen LogP contribution in [0, 0.1) is 0 Å². The highest BCUT2D eigenvalue weighted by atomic mass is 32.2. The average molecular weight is 295 g/mol. The minimum absolute atomic E-state index is 0.460. The summed E-state index contributed by atoms with van der Waals surface area (Å²) in [5.41, 5.74) is 0.951. The summed E-state index contributed by atoms with van der Waals surface area (Å²) in [7, 11) is -1.11. The van der Waals surface area contributed by atoms with Gasteiger partial charge in [0.05, 0.1) is 4.90 Å². The predicted octanol–water partition coefficient (Wildman–Crippen LogP) is 1.58. The van der Waals surface area contributed by atoms with Gasteiger partial charge in [0.15, 0.2) is 6.10 Å². The number of ether oxygens (including phenoxy) is 1. The number of hydrogen-bond acceptors (Lipinski definition) is 3. The maximum atomic E-state index is 12.4. The summed E-state index contributed by atoms with van der Waals surface area (Å²) in [5, 5.41) is 8.97. The number of rotatable bonds is 3. The van der Waals surface area contributed by atoms with E-state index in [4.69, 9.17) is 9.84 Å². The lowest BCUT2D eigenvalue weighted by molar-refractivity contribution is -0.145. The largest absolute Gasteiger partial charge is 0.479 e. The Labute approximate surface area is 120 Å². The van der Waals surface area contributed by atoms with Gasteiger partial charge in [-0.1, -0.05) is 0 Å². The van der Waals surface area contributed by atoms with Gasteiger partial charge in [-0.2, -0.15) is 0 Å². The molecule has 2 aliphatic heterocycles. The summed E-state index contributed by atoms with van der Waals surface area (Å²) < 4.78 is 19.8. The molecular weight excluding hydrogens is 278 g/mol. The van der Waals surface area contributed by atoms with Crippen molar-refractivity contribution in [1.82, 2.24) is 4.31 Å². The van der Waals surface area contributed by atoms with Crippen LogP contribution >= 0.6 is 0 Å². The lowest BCUT2D eigenvalue weighted by Crippen LogP contribution is -2.31. The molecular formula is C14H17NO4S. The Balaban J connectivity index is 1.80. The van der Waals surface area contributed by atoms with Gasteiger partial charge in [-0.05, 0) is 49.4 Å². The molecule has 108 valence electrons. The summed E-state index contributed by atoms with van der Waals surface area (Å²) in [5.74, 6) is -0.328. The molecule has 2 heterocycles. The van der Waals surface area contributed by atoms with Gasteiger partial charge >= 0.3 is 5.97 Å². The van der Waals surface area contributed by atoms with Crippen LogP contribution in [0.2, 0.25) is 0 Å². The predicted molar refractivity (Wildman–Crippen MR) is 74.0 cm³/mol. The zero-order valence-corrected chi connectivity index (χ0v) is 11.9. The van der Waals surface area contributed by atoms with Crippen molar-refractivity contribution in [2.45, 2.75) is 36.7 Å². The Morgan fingerprint density at radius 3 is 2.80 bits per heavy atom. The van der Waals surface area contributed by atoms with Crippen molar-refractivity contribution in [3.63, 3.8) is 0 Å². The second kappa shape index (κ2) is 5.54. The molecule has 1 unspecified atom stereocenters. The number of fused-ring (bicyclic) bond motifs is 1. The third-order valence-electron chi connectivity index (χ3n) is 3.75. The van der Waals surface area contributed by atoms with E-state index in [0.29, 0.717) is 18.6 Å². The Kier molecular flexibility index (Phi) is 3.76. The lowest BCUT2D eigenvalue weighted by atomic mass is 10.0. The number of carboxylic acids is 1. The molecule has 1 saturated heterocycles. The molecule has 20 heavy (non-hydrogen) atoms. The molecule has 1 aromatic rings. The van der Waals surface area contributed by atoms with E-state index in [1.165, 1.54) is 0 Å². The van der Waals surface area contributed by atoms with Crippen molar-refractivity contribution >= 4 is 17.0 Å². The van der Waals surface area contributed by atoms with Crippen LogP contribution in [-0.2, 0) is 22.2 Å². The van der Waals surface area contributed by atoms with Crippen LogP contribution in [0.5, 0.6) is 5.75 Å². The first-order valence-electron chi connectivity index (χ1n) is 6.84. The van der Waals surface area contributed by atoms with Gasteiger partial charge < -0.3 is 9.84 Å². The smallest absolute Gasteiger partial charge is 0.344 e. The normalized spacial score (nSPS) is 23.9. The quantitative estimate of drug-likeness (QED) is 0.919. The first kappa shape index (κ1) is 13.6. The van der Waals surface area contributed by atoms with E-state index < -0.39 is 23.1 Å². The van der Waals surface area contributed by atoms with E-state index in [-0.39, 0.29) is 0 Å². The van der Waals surface area contributed by atoms with Gasteiger partial charge in [0.25, 0.3) is 0 Å². The molecule has 0 saturated carbocycles. The summed E-state index contributed by atoms with van der Waals surface area (Å²) in [6, 6.07) is 5.41. The van der Waals surface area contributed by atoms with Gasteiger partial charge in [0, 0.05) is 13.1 Å². The summed E-state index contributed by atoms with van der Waals surface area (Å²) in [6.07, 6.45) is 2.54. The van der Waals surface area contributed by atoms with Gasteiger partial charge in [-0.25, -0.2) is 13.3 Å². The van der Waals surface area contributed by atoms with Gasteiger partial charge in [-0.15, -0.1) is 0 Å². The fourth-order valence-electron chi connectivity index (χ4n) is 2.65. The molecule has 1 aromatic carbocycles. The minimum atomic E-state index is -1.11. The van der Waals surface area contributed by atoms with Gasteiger partial charge in [-0.3, -0.25) is 0 Å².